The minimum atomic E-state index is -5.43. The summed E-state index contributed by atoms with van der Waals surface area (Å²) in [4.78, 5) is 47.3. The van der Waals surface area contributed by atoms with Crippen LogP contribution >= 0.6 is 7.82 Å². The molecule has 0 spiro atoms. The molecule has 0 aromatic carbocycles. The van der Waals surface area contributed by atoms with Crippen molar-refractivity contribution in [2.75, 3.05) is 6.61 Å². The second-order valence-corrected chi connectivity index (χ2v) is 11.5. The summed E-state index contributed by atoms with van der Waals surface area (Å²) in [7, 11) is -5.43. The molecule has 0 unspecified atom stereocenters. The Kier molecular flexibility index (Phi) is 8.96. The molecule has 8 nitrogen and oxygen atoms in total. The van der Waals surface area contributed by atoms with E-state index in [1.165, 1.54) is 18.2 Å². The third-order valence-electron chi connectivity index (χ3n) is 8.81. The summed E-state index contributed by atoms with van der Waals surface area (Å²) >= 11 is 0. The number of carbonyl (C=O) groups excluding carboxylic acids is 2. The van der Waals surface area contributed by atoms with E-state index in [9.17, 15) is 34.2 Å². The van der Waals surface area contributed by atoms with Crippen molar-refractivity contribution in [2.24, 2.45) is 28.6 Å². The van der Waals surface area contributed by atoms with E-state index in [2.05, 4.69) is 4.52 Å². The maximum absolute atomic E-state index is 17.0. The van der Waals surface area contributed by atoms with E-state index in [1.807, 2.05) is 0 Å². The first-order valence-electron chi connectivity index (χ1n) is 10.8. The molecule has 3 saturated carbocycles. The Hall–Kier alpha value is 0.780. The largest absolute Gasteiger partial charge is 1.00 e. The molecule has 3 fully saturated rings. The van der Waals surface area contributed by atoms with Gasteiger partial charge >= 0.3 is 59.1 Å². The molecule has 2 N–H and O–H groups in total. The summed E-state index contributed by atoms with van der Waals surface area (Å²) in [6.07, 6.45) is 3.35. The zero-order valence-electron chi connectivity index (χ0n) is 20.2. The fourth-order valence-electron chi connectivity index (χ4n) is 6.94. The summed E-state index contributed by atoms with van der Waals surface area (Å²) in [6, 6.07) is 0. The first kappa shape index (κ1) is 31.0. The minimum Gasteiger partial charge on any atom is -0.790 e. The average molecular weight is 516 g/mol. The Morgan fingerprint density at radius 1 is 1.24 bits per heavy atom. The predicted molar refractivity (Wildman–Crippen MR) is 106 cm³/mol. The Morgan fingerprint density at radius 3 is 2.44 bits per heavy atom. The number of allylic oxidation sites excluding steroid dienone is 4. The number of hydrogen-bond acceptors (Lipinski definition) is 8. The first-order chi connectivity index (χ1) is 14.6. The van der Waals surface area contributed by atoms with Gasteiger partial charge in [-0.3, -0.25) is 9.59 Å². The van der Waals surface area contributed by atoms with Crippen LogP contribution in [-0.2, 0) is 18.7 Å². The van der Waals surface area contributed by atoms with E-state index in [0.717, 1.165) is 0 Å². The molecule has 4 aliphatic carbocycles. The van der Waals surface area contributed by atoms with Crippen molar-refractivity contribution in [1.29, 1.82) is 0 Å². The molecular weight excluding hydrogens is 488 g/mol. The smallest absolute Gasteiger partial charge is 0.790 e. The molecule has 0 aromatic rings. The monoisotopic (exact) mass is 516 g/mol. The van der Waals surface area contributed by atoms with Gasteiger partial charge in [-0.1, -0.05) is 25.5 Å². The van der Waals surface area contributed by atoms with E-state index in [-0.39, 0.29) is 77.7 Å². The Morgan fingerprint density at radius 2 is 1.85 bits per heavy atom. The van der Waals surface area contributed by atoms with Gasteiger partial charge in [-0.05, 0) is 56.6 Å². The topological polar surface area (TPSA) is 147 Å². The quantitative estimate of drug-likeness (QED) is 0.280. The second kappa shape index (κ2) is 9.83. The number of ketones is 2. The maximum Gasteiger partial charge on any atom is 1.00 e. The van der Waals surface area contributed by atoms with Crippen molar-refractivity contribution in [3.8, 4) is 0 Å². The molecule has 0 aliphatic heterocycles. The van der Waals surface area contributed by atoms with Crippen molar-refractivity contribution in [3.05, 3.63) is 23.8 Å². The minimum absolute atomic E-state index is 0. The summed E-state index contributed by atoms with van der Waals surface area (Å²) in [5.41, 5.74) is -6.29. The average Bonchev–Trinajstić information content (AvgIpc) is 2.69. The number of halogens is 1. The van der Waals surface area contributed by atoms with Crippen LogP contribution < -0.4 is 68.9 Å². The van der Waals surface area contributed by atoms with Crippen molar-refractivity contribution in [1.82, 2.24) is 0 Å². The van der Waals surface area contributed by atoms with Crippen molar-refractivity contribution in [2.45, 2.75) is 63.8 Å². The Bertz CT molecular complexity index is 984. The van der Waals surface area contributed by atoms with Crippen LogP contribution in [-0.4, -0.2) is 45.8 Å². The van der Waals surface area contributed by atoms with E-state index < -0.39 is 66.2 Å². The van der Waals surface area contributed by atoms with Crippen LogP contribution in [0.4, 0.5) is 4.39 Å². The van der Waals surface area contributed by atoms with Crippen molar-refractivity contribution < 1.29 is 102 Å². The summed E-state index contributed by atoms with van der Waals surface area (Å²) < 4.78 is 32.2. The van der Waals surface area contributed by atoms with Gasteiger partial charge in [0.15, 0.2) is 17.2 Å². The number of rotatable bonds is 3. The zero-order chi connectivity index (χ0) is 23.9. The van der Waals surface area contributed by atoms with Gasteiger partial charge in [-0.25, -0.2) is 4.39 Å². The van der Waals surface area contributed by atoms with Crippen molar-refractivity contribution in [3.63, 3.8) is 0 Å². The number of aliphatic hydroxyl groups is 2. The van der Waals surface area contributed by atoms with Gasteiger partial charge in [0.1, 0.15) is 5.60 Å². The number of fused-ring (bicyclic) bond motifs is 5. The molecule has 34 heavy (non-hydrogen) atoms. The van der Waals surface area contributed by atoms with E-state index in [4.69, 9.17) is 0 Å². The standard InChI is InChI=1S/C22H30FO8P.2Na/c1-12-8-16-15-5-4-13-9-14(24)6-7-20(13,3)22(15,23)17(25)10-19(16,2)18(26)21(12,27)11-31-32(28,29)30;;/h6-7,9,12,15-17,25,27H,4-5,8,10-11H2,1-3H3,(H2,28,29,30);;/q;2*+1/p-2/t12-,15+,16+,17+,19+,20+,21-,22+;;/m1../s1. The number of hydrogen-bond donors (Lipinski definition) is 2. The van der Waals surface area contributed by atoms with Gasteiger partial charge < -0.3 is 29.1 Å². The van der Waals surface area contributed by atoms with Gasteiger partial charge in [0.25, 0.3) is 0 Å². The van der Waals surface area contributed by atoms with Gasteiger partial charge in [-0.15, -0.1) is 0 Å². The zero-order valence-corrected chi connectivity index (χ0v) is 25.1. The van der Waals surface area contributed by atoms with E-state index in [1.54, 1.807) is 20.8 Å². The molecule has 0 aromatic heterocycles. The van der Waals surface area contributed by atoms with Crippen LogP contribution in [0.2, 0.25) is 0 Å². The molecule has 178 valence electrons. The van der Waals surface area contributed by atoms with Gasteiger partial charge in [0, 0.05) is 16.7 Å². The number of alkyl halides is 1. The second-order valence-electron chi connectivity index (χ2n) is 10.4. The molecule has 0 heterocycles. The number of phosphoric ester groups is 1. The number of Topliss-reactive ketones (excluding diaryl/α,β-unsaturated/α-hetero) is 1. The summed E-state index contributed by atoms with van der Waals surface area (Å²) in [5, 5.41) is 22.2. The predicted octanol–water partition coefficient (Wildman–Crippen LogP) is -5.24. The molecule has 0 radical (unpaired) electrons. The third-order valence-corrected chi connectivity index (χ3v) is 9.25. The fourth-order valence-corrected chi connectivity index (χ4v) is 7.29. The van der Waals surface area contributed by atoms with Gasteiger partial charge in [0.05, 0.1) is 20.5 Å². The molecule has 4 aliphatic rings. The Labute approximate surface area is 242 Å². The molecule has 0 bridgehead atoms. The van der Waals surface area contributed by atoms with Crippen LogP contribution in [0, 0.1) is 28.6 Å². The fraction of sp³-hybridized carbons (Fsp3) is 0.727. The molecule has 4 rings (SSSR count). The van der Waals surface area contributed by atoms with Crippen LogP contribution in [0.25, 0.3) is 0 Å². The normalized spacial score (nSPS) is 45.7. The van der Waals surface area contributed by atoms with E-state index >= 15 is 4.39 Å². The first-order valence-corrected chi connectivity index (χ1v) is 12.3. The molecular formula is C22H28FNa2O8P. The van der Waals surface area contributed by atoms with Crippen LogP contribution in [0.15, 0.2) is 23.8 Å². The van der Waals surface area contributed by atoms with E-state index in [0.29, 0.717) is 18.4 Å². The third kappa shape index (κ3) is 4.40. The number of aliphatic hydroxyl groups excluding tert-OH is 1. The Balaban J connectivity index is 0.00000204. The number of phosphoric acid groups is 1. The summed E-state index contributed by atoms with van der Waals surface area (Å²) in [6.45, 7) is 3.76. The van der Waals surface area contributed by atoms with Crippen LogP contribution in [0.1, 0.15) is 46.5 Å². The maximum atomic E-state index is 17.0. The molecule has 8 atom stereocenters. The van der Waals surface area contributed by atoms with Crippen LogP contribution in [0.3, 0.4) is 0 Å². The number of carbonyl (C=O) groups is 2. The SMILES string of the molecule is C[C@@H]1C[C@H]2[C@@H]3CCC4=CC(=O)C=C[C@]4(C)[C@@]3(F)[C@@H](O)C[C@]2(C)C(=O)[C@@]1(O)COP(=O)([O-])[O-].[Na+].[Na+]. The molecule has 0 saturated heterocycles. The summed E-state index contributed by atoms with van der Waals surface area (Å²) in [5.74, 6) is -3.03. The van der Waals surface area contributed by atoms with Gasteiger partial charge in [0.2, 0.25) is 0 Å². The van der Waals surface area contributed by atoms with Crippen molar-refractivity contribution >= 4 is 19.4 Å². The molecule has 0 amide bonds. The molecule has 12 heteroatoms. The van der Waals surface area contributed by atoms with Gasteiger partial charge in [-0.2, -0.15) is 0 Å². The van der Waals surface area contributed by atoms with Crippen LogP contribution in [0.5, 0.6) is 0 Å².